The van der Waals surface area contributed by atoms with Crippen LogP contribution >= 0.6 is 0 Å². The second kappa shape index (κ2) is 20.7. The van der Waals surface area contributed by atoms with E-state index in [-0.39, 0.29) is 0 Å². The molecule has 0 saturated heterocycles. The van der Waals surface area contributed by atoms with Crippen LogP contribution in [0.3, 0.4) is 0 Å². The molecule has 14 aromatic rings. The molecular weight excluding hydrogens is 1060 g/mol. The predicted molar refractivity (Wildman–Crippen MR) is 365 cm³/mol. The Morgan fingerprint density at radius 1 is 0.205 bits per heavy atom. The van der Waals surface area contributed by atoms with Gasteiger partial charge in [-0.15, -0.1) is 0 Å². The van der Waals surface area contributed by atoms with E-state index in [4.69, 9.17) is 9.97 Å². The smallest absolute Gasteiger partial charge is 0.0895 e. The summed E-state index contributed by atoms with van der Waals surface area (Å²) in [4.78, 5) is 20.3. The summed E-state index contributed by atoms with van der Waals surface area (Å²) < 4.78 is 0. The second-order valence-corrected chi connectivity index (χ2v) is 22.3. The molecule has 3 aliphatic rings. The molecule has 2 aliphatic heterocycles. The van der Waals surface area contributed by atoms with Crippen molar-refractivity contribution < 1.29 is 0 Å². The number of aromatic nitrogens is 4. The average molecular weight is 1110 g/mol. The van der Waals surface area contributed by atoms with Crippen LogP contribution in [0.4, 0.5) is 0 Å². The van der Waals surface area contributed by atoms with Crippen molar-refractivity contribution in [3.8, 4) is 92.4 Å². The van der Waals surface area contributed by atoms with Gasteiger partial charge < -0.3 is 9.97 Å². The molecule has 402 valence electrons. The predicted octanol–water partition coefficient (Wildman–Crippen LogP) is 19.5. The highest BCUT2D eigenvalue weighted by atomic mass is 14.8. The molecule has 88 heavy (non-hydrogen) atoms. The Kier molecular flexibility index (Phi) is 11.8. The number of hydrogen-bond acceptors (Lipinski definition) is 2. The van der Waals surface area contributed by atoms with Crippen LogP contribution < -0.4 is 0 Å². The molecule has 0 unspecified atom stereocenters. The van der Waals surface area contributed by atoms with Crippen LogP contribution in [0.2, 0.25) is 0 Å². The van der Waals surface area contributed by atoms with Gasteiger partial charge in [0.2, 0.25) is 0 Å². The Balaban J connectivity index is 1.19. The molecule has 0 radical (unpaired) electrons. The molecule has 4 heterocycles. The van der Waals surface area contributed by atoms with E-state index in [2.05, 4.69) is 251 Å². The topological polar surface area (TPSA) is 57.4 Å². The van der Waals surface area contributed by atoms with E-state index in [9.17, 15) is 0 Å². The third-order valence-corrected chi connectivity index (χ3v) is 17.0. The molecule has 0 spiro atoms. The van der Waals surface area contributed by atoms with E-state index in [0.717, 1.165) is 176 Å². The van der Waals surface area contributed by atoms with Crippen molar-refractivity contribution in [2.45, 2.75) is 0 Å². The quantitative estimate of drug-likeness (QED) is 0.149. The van der Waals surface area contributed by atoms with Crippen molar-refractivity contribution in [1.82, 2.24) is 19.9 Å². The molecule has 0 amide bonds. The number of H-pyrrole nitrogens is 2. The Morgan fingerprint density at radius 3 is 0.614 bits per heavy atom. The molecule has 0 atom stereocenters. The molecular formula is C84H46N4. The fourth-order valence-corrected chi connectivity index (χ4v) is 12.7. The van der Waals surface area contributed by atoms with Gasteiger partial charge in [-0.2, -0.15) is 0 Å². The zero-order valence-corrected chi connectivity index (χ0v) is 47.3. The first-order valence-corrected chi connectivity index (χ1v) is 29.5. The largest absolute Gasteiger partial charge is 0.352 e. The lowest BCUT2D eigenvalue weighted by atomic mass is 9.94. The third-order valence-electron chi connectivity index (χ3n) is 17.0. The van der Waals surface area contributed by atoms with Crippen LogP contribution in [0.1, 0.15) is 44.5 Å². The van der Waals surface area contributed by atoms with Gasteiger partial charge in [0.15, 0.2) is 0 Å². The molecule has 2 aromatic heterocycles. The van der Waals surface area contributed by atoms with E-state index in [1.807, 2.05) is 72.8 Å². The second-order valence-electron chi connectivity index (χ2n) is 22.3. The minimum atomic E-state index is 0.721. The van der Waals surface area contributed by atoms with Gasteiger partial charge in [0.25, 0.3) is 0 Å². The van der Waals surface area contributed by atoms with Crippen LogP contribution in [0.5, 0.6) is 0 Å². The van der Waals surface area contributed by atoms with Crippen molar-refractivity contribution >= 4 is 86.7 Å². The number of hydrogen-bond donors (Lipinski definition) is 2. The molecule has 2 N–H and O–H groups in total. The van der Waals surface area contributed by atoms with Crippen LogP contribution in [0.25, 0.3) is 132 Å². The maximum Gasteiger partial charge on any atom is 0.0895 e. The highest BCUT2D eigenvalue weighted by molar-refractivity contribution is 6.20. The van der Waals surface area contributed by atoms with Gasteiger partial charge in [-0.3, -0.25) is 0 Å². The number of nitrogens with zero attached hydrogens (tertiary/aromatic N) is 2. The van der Waals surface area contributed by atoms with E-state index in [0.29, 0.717) is 0 Å². The number of nitrogens with one attached hydrogen (secondary N) is 2. The summed E-state index contributed by atoms with van der Waals surface area (Å²) in [6.45, 7) is 0. The maximum atomic E-state index is 6.01. The zero-order chi connectivity index (χ0) is 58.1. The van der Waals surface area contributed by atoms with Gasteiger partial charge in [-0.1, -0.05) is 217 Å². The molecule has 8 bridgehead atoms. The normalized spacial score (nSPS) is 11.3. The third kappa shape index (κ3) is 8.65. The molecule has 1 aliphatic carbocycles. The fraction of sp³-hybridized carbons (Fsp3) is 0. The first kappa shape index (κ1) is 50.1. The Hall–Kier alpha value is -12.4. The van der Waals surface area contributed by atoms with Crippen molar-refractivity contribution in [3.05, 3.63) is 311 Å². The Morgan fingerprint density at radius 2 is 0.398 bits per heavy atom. The molecule has 12 aromatic carbocycles. The average Bonchev–Trinajstić information content (AvgIpc) is 1.77. The summed E-state index contributed by atoms with van der Waals surface area (Å²) in [5, 5.41) is 12.5. The maximum absolute atomic E-state index is 6.01. The van der Waals surface area contributed by atoms with Gasteiger partial charge in [0.05, 0.1) is 67.1 Å². The van der Waals surface area contributed by atoms with Crippen LogP contribution in [0, 0.1) is 47.4 Å². The van der Waals surface area contributed by atoms with Gasteiger partial charge in [0.1, 0.15) is 0 Å². The Bertz CT molecular complexity index is 5200. The highest BCUT2D eigenvalue weighted by Gasteiger charge is 2.29. The number of rotatable bonds is 0. The van der Waals surface area contributed by atoms with Gasteiger partial charge >= 0.3 is 0 Å². The summed E-state index contributed by atoms with van der Waals surface area (Å²) in [7, 11) is 0. The van der Waals surface area contributed by atoms with E-state index >= 15 is 0 Å². The zero-order valence-electron chi connectivity index (χ0n) is 47.3. The summed E-state index contributed by atoms with van der Waals surface area (Å²) >= 11 is 0. The van der Waals surface area contributed by atoms with Crippen molar-refractivity contribution in [2.24, 2.45) is 0 Å². The van der Waals surface area contributed by atoms with Gasteiger partial charge in [-0.25, -0.2) is 9.97 Å². The molecule has 4 nitrogen and oxygen atoms in total. The molecule has 0 saturated carbocycles. The van der Waals surface area contributed by atoms with Crippen molar-refractivity contribution in [3.63, 3.8) is 0 Å². The van der Waals surface area contributed by atoms with Gasteiger partial charge in [0, 0.05) is 66.1 Å². The van der Waals surface area contributed by atoms with Gasteiger partial charge in [-0.05, 0) is 140 Å². The lowest BCUT2D eigenvalue weighted by Crippen LogP contribution is -1.88. The van der Waals surface area contributed by atoms with Crippen LogP contribution in [-0.4, -0.2) is 19.9 Å². The summed E-state index contributed by atoms with van der Waals surface area (Å²) in [5.41, 5.74) is 16.3. The standard InChI is InChI=1S/C84H46N4/c1-5-21-53(22-6-1)37-41-65-77-69-45-57-29-13-15-31-59(57)47-71(69)79(85-77)66(42-38-54-23-7-2-8-24-54)81-73-49-61-33-17-19-35-63(61)51-75(73)83(87-81)68(44-40-56-27-11-4-12-28-56)84-76-52-64-36-20-18-34-62(64)50-74(76)82(88-84)67(43-39-55-25-9-3-10-26-55)80-72-48-60-32-16-14-30-58(60)46-70(72)78(65)86-80/h1-36,45-52,85,88H. The van der Waals surface area contributed by atoms with E-state index in [1.54, 1.807) is 0 Å². The Labute approximate surface area is 507 Å². The van der Waals surface area contributed by atoms with Crippen LogP contribution in [-0.2, 0) is 0 Å². The lowest BCUT2D eigenvalue weighted by molar-refractivity contribution is 1.37. The first-order valence-electron chi connectivity index (χ1n) is 29.5. The monoisotopic (exact) mass is 1110 g/mol. The highest BCUT2D eigenvalue weighted by Crippen LogP contribution is 2.48. The fourth-order valence-electron chi connectivity index (χ4n) is 12.7. The summed E-state index contributed by atoms with van der Waals surface area (Å²) in [5.74, 6) is 29.9. The number of fused-ring (bicyclic) bond motifs is 4. The number of benzene rings is 12. The lowest BCUT2D eigenvalue weighted by Gasteiger charge is -2.07. The van der Waals surface area contributed by atoms with E-state index in [1.165, 1.54) is 0 Å². The van der Waals surface area contributed by atoms with Crippen molar-refractivity contribution in [1.29, 1.82) is 0 Å². The summed E-state index contributed by atoms with van der Waals surface area (Å²) in [6, 6.07) is 93.3. The minimum absolute atomic E-state index is 0.721. The molecule has 0 fully saturated rings. The van der Waals surface area contributed by atoms with Crippen LogP contribution in [0.15, 0.2) is 267 Å². The summed E-state index contributed by atoms with van der Waals surface area (Å²) in [6.07, 6.45) is 0. The molecule has 4 heteroatoms. The van der Waals surface area contributed by atoms with Crippen molar-refractivity contribution in [2.75, 3.05) is 0 Å². The minimum Gasteiger partial charge on any atom is -0.352 e. The SMILES string of the molecule is C(#Cc1c2nc(c(C#Cc3ccccc3)c3[nH]c(c(C#Cc4ccccc4)c4nc(c(C#Cc5ccccc5)c5[nH]c1c1cc6ccccc6cc51)-c1cc5ccccc5cc1-4)c1cc4ccccc4cc31)-c1cc3ccccc3cc1-2)c1ccccc1. The molecule has 17 rings (SSSR count). The number of aromatic amines is 2. The first-order chi connectivity index (χ1) is 43.6. The van der Waals surface area contributed by atoms with E-state index < -0.39 is 0 Å².